The number of hydrogen-bond donors (Lipinski definition) is 3. The standard InChI is InChI=1S/C28H41ClN2O3.ClH/c1-2-3-18-31(23-13-14-24-22(21-23)12-15-26(32)28(24)33)19-9-5-4-8-16-30-17-20-34-27-11-7-6-10-25(27)29;/h6-7,10-12,15,23,30,32-33H,2-5,8-9,13-14,16-21H2,1H3;1H/t23-;/m0./s1. The maximum Gasteiger partial charge on any atom is 0.160 e. The Morgan fingerprint density at radius 3 is 2.57 bits per heavy atom. The Hall–Kier alpha value is -1.66. The van der Waals surface area contributed by atoms with E-state index in [1.54, 1.807) is 6.07 Å². The number of nitrogens with one attached hydrogen (secondary N) is 1. The lowest BCUT2D eigenvalue weighted by Crippen LogP contribution is -2.40. The van der Waals surface area contributed by atoms with Gasteiger partial charge >= 0.3 is 0 Å². The molecule has 0 saturated heterocycles. The SMILES string of the molecule is CCCCN(CCCCCCNCCOc1ccccc1Cl)[C@H]1CCc2c(ccc(O)c2O)C1.Cl. The van der Waals surface area contributed by atoms with Crippen molar-refractivity contribution in [1.82, 2.24) is 10.2 Å². The minimum Gasteiger partial charge on any atom is -0.504 e. The number of hydrogen-bond acceptors (Lipinski definition) is 5. The van der Waals surface area contributed by atoms with Gasteiger partial charge in [0, 0.05) is 18.2 Å². The van der Waals surface area contributed by atoms with Crippen LogP contribution in [0.4, 0.5) is 0 Å². The molecule has 0 aromatic heterocycles. The molecular formula is C28H42Cl2N2O3. The Morgan fingerprint density at radius 1 is 1.00 bits per heavy atom. The summed E-state index contributed by atoms with van der Waals surface area (Å²) < 4.78 is 5.71. The van der Waals surface area contributed by atoms with Gasteiger partial charge in [0.2, 0.25) is 0 Å². The largest absolute Gasteiger partial charge is 0.504 e. The highest BCUT2D eigenvalue weighted by Crippen LogP contribution is 2.36. The molecule has 1 aliphatic carbocycles. The fraction of sp³-hybridized carbons (Fsp3) is 0.571. The van der Waals surface area contributed by atoms with E-state index in [2.05, 4.69) is 17.1 Å². The summed E-state index contributed by atoms with van der Waals surface area (Å²) >= 11 is 6.10. The third-order valence-corrected chi connectivity index (χ3v) is 7.09. The zero-order valence-electron chi connectivity index (χ0n) is 21.0. The predicted molar refractivity (Wildman–Crippen MR) is 148 cm³/mol. The van der Waals surface area contributed by atoms with Gasteiger partial charge in [-0.1, -0.05) is 56.0 Å². The van der Waals surface area contributed by atoms with Crippen LogP contribution in [0.15, 0.2) is 36.4 Å². The molecule has 0 unspecified atom stereocenters. The van der Waals surface area contributed by atoms with E-state index in [4.69, 9.17) is 16.3 Å². The van der Waals surface area contributed by atoms with Crippen molar-refractivity contribution in [2.45, 2.75) is 70.8 Å². The van der Waals surface area contributed by atoms with Crippen molar-refractivity contribution in [3.8, 4) is 17.2 Å². The normalized spacial score (nSPS) is 15.0. The molecule has 3 rings (SSSR count). The fourth-order valence-electron chi connectivity index (χ4n) is 4.79. The van der Waals surface area contributed by atoms with E-state index < -0.39 is 0 Å². The topological polar surface area (TPSA) is 65.0 Å². The van der Waals surface area contributed by atoms with Crippen LogP contribution in [0.1, 0.15) is 63.0 Å². The summed E-state index contributed by atoms with van der Waals surface area (Å²) in [4.78, 5) is 2.67. The number of phenols is 2. The molecule has 0 fully saturated rings. The Labute approximate surface area is 222 Å². The molecule has 1 aliphatic rings. The first-order valence-electron chi connectivity index (χ1n) is 12.9. The summed E-state index contributed by atoms with van der Waals surface area (Å²) in [7, 11) is 0. The lowest BCUT2D eigenvalue weighted by Gasteiger charge is -2.35. The van der Waals surface area contributed by atoms with Crippen LogP contribution in [0, 0.1) is 0 Å². The van der Waals surface area contributed by atoms with Gasteiger partial charge in [-0.05, 0) is 81.9 Å². The molecule has 5 nitrogen and oxygen atoms in total. The predicted octanol–water partition coefficient (Wildman–Crippen LogP) is 6.36. The van der Waals surface area contributed by atoms with E-state index >= 15 is 0 Å². The first kappa shape index (κ1) is 29.6. The van der Waals surface area contributed by atoms with Gasteiger partial charge in [0.05, 0.1) is 5.02 Å². The molecule has 1 atom stereocenters. The van der Waals surface area contributed by atoms with Crippen molar-refractivity contribution in [2.75, 3.05) is 32.8 Å². The number of benzene rings is 2. The maximum atomic E-state index is 10.2. The molecule has 35 heavy (non-hydrogen) atoms. The van der Waals surface area contributed by atoms with Crippen molar-refractivity contribution >= 4 is 24.0 Å². The van der Waals surface area contributed by atoms with Gasteiger partial charge in [0.15, 0.2) is 11.5 Å². The number of phenolic OH excluding ortho intramolecular Hbond substituents is 2. The number of para-hydroxylation sites is 1. The molecule has 2 aromatic carbocycles. The van der Waals surface area contributed by atoms with Crippen LogP contribution in [0.3, 0.4) is 0 Å². The maximum absolute atomic E-state index is 10.2. The van der Waals surface area contributed by atoms with E-state index in [0.29, 0.717) is 17.7 Å². The molecule has 0 amide bonds. The Balaban J connectivity index is 0.00000432. The molecular weight excluding hydrogens is 483 g/mol. The average molecular weight is 526 g/mol. The minimum absolute atomic E-state index is 0. The van der Waals surface area contributed by atoms with Crippen molar-refractivity contribution in [3.05, 3.63) is 52.5 Å². The number of unbranched alkanes of at least 4 members (excludes halogenated alkanes) is 4. The summed E-state index contributed by atoms with van der Waals surface area (Å²) in [5, 5.41) is 24.1. The smallest absolute Gasteiger partial charge is 0.160 e. The van der Waals surface area contributed by atoms with Gasteiger partial charge < -0.3 is 25.2 Å². The number of ether oxygens (including phenoxy) is 1. The van der Waals surface area contributed by atoms with Gasteiger partial charge in [-0.15, -0.1) is 12.4 Å². The second-order valence-electron chi connectivity index (χ2n) is 9.30. The second kappa shape index (κ2) is 16.2. The summed E-state index contributed by atoms with van der Waals surface area (Å²) in [6.07, 6.45) is 10.2. The van der Waals surface area contributed by atoms with E-state index in [9.17, 15) is 10.2 Å². The molecule has 196 valence electrons. The summed E-state index contributed by atoms with van der Waals surface area (Å²) in [5.41, 5.74) is 2.13. The lowest BCUT2D eigenvalue weighted by molar-refractivity contribution is 0.172. The number of rotatable bonds is 15. The molecule has 2 aromatic rings. The third kappa shape index (κ3) is 9.38. The number of aromatic hydroxyl groups is 2. The van der Waals surface area contributed by atoms with Crippen LogP contribution >= 0.6 is 24.0 Å². The molecule has 0 spiro atoms. The monoisotopic (exact) mass is 524 g/mol. The third-order valence-electron chi connectivity index (χ3n) is 6.78. The summed E-state index contributed by atoms with van der Waals surface area (Å²) in [6.45, 7) is 7.00. The zero-order chi connectivity index (χ0) is 24.2. The minimum atomic E-state index is 0. The van der Waals surface area contributed by atoms with Crippen LogP contribution < -0.4 is 10.1 Å². The van der Waals surface area contributed by atoms with E-state index in [1.165, 1.54) is 44.1 Å². The van der Waals surface area contributed by atoms with E-state index in [-0.39, 0.29) is 23.9 Å². The van der Waals surface area contributed by atoms with Gasteiger partial charge in [0.1, 0.15) is 12.4 Å². The van der Waals surface area contributed by atoms with Crippen molar-refractivity contribution in [1.29, 1.82) is 0 Å². The van der Waals surface area contributed by atoms with Gasteiger partial charge in [-0.3, -0.25) is 0 Å². The fourth-order valence-corrected chi connectivity index (χ4v) is 4.98. The van der Waals surface area contributed by atoms with Crippen molar-refractivity contribution < 1.29 is 14.9 Å². The zero-order valence-corrected chi connectivity index (χ0v) is 22.5. The average Bonchev–Trinajstić information content (AvgIpc) is 2.85. The van der Waals surface area contributed by atoms with Crippen LogP contribution in [0.2, 0.25) is 5.02 Å². The summed E-state index contributed by atoms with van der Waals surface area (Å²) in [5.74, 6) is 0.831. The van der Waals surface area contributed by atoms with Crippen LogP contribution in [-0.4, -0.2) is 53.9 Å². The lowest BCUT2D eigenvalue weighted by atomic mass is 9.86. The van der Waals surface area contributed by atoms with Crippen LogP contribution in [0.25, 0.3) is 0 Å². The van der Waals surface area contributed by atoms with Gasteiger partial charge in [-0.25, -0.2) is 0 Å². The van der Waals surface area contributed by atoms with Gasteiger partial charge in [-0.2, -0.15) is 0 Å². The number of nitrogens with zero attached hydrogens (tertiary/aromatic N) is 1. The Morgan fingerprint density at radius 2 is 1.77 bits per heavy atom. The number of halogens is 2. The highest BCUT2D eigenvalue weighted by atomic mass is 35.5. The van der Waals surface area contributed by atoms with Crippen molar-refractivity contribution in [3.63, 3.8) is 0 Å². The van der Waals surface area contributed by atoms with Crippen molar-refractivity contribution in [2.24, 2.45) is 0 Å². The van der Waals surface area contributed by atoms with Gasteiger partial charge in [0.25, 0.3) is 0 Å². The summed E-state index contributed by atoms with van der Waals surface area (Å²) in [6, 6.07) is 11.7. The first-order chi connectivity index (χ1) is 16.6. The molecule has 0 heterocycles. The molecule has 0 aliphatic heterocycles. The molecule has 0 saturated carbocycles. The van der Waals surface area contributed by atoms with Crippen LogP contribution in [0.5, 0.6) is 17.2 Å². The highest BCUT2D eigenvalue weighted by Gasteiger charge is 2.26. The highest BCUT2D eigenvalue weighted by molar-refractivity contribution is 6.32. The molecule has 0 radical (unpaired) electrons. The quantitative estimate of drug-likeness (QED) is 0.187. The Bertz CT molecular complexity index is 881. The number of fused-ring (bicyclic) bond motifs is 1. The second-order valence-corrected chi connectivity index (χ2v) is 9.71. The van der Waals surface area contributed by atoms with E-state index in [0.717, 1.165) is 56.8 Å². The Kier molecular flexibility index (Phi) is 13.6. The van der Waals surface area contributed by atoms with E-state index in [1.807, 2.05) is 30.3 Å². The molecule has 0 bridgehead atoms. The molecule has 7 heteroatoms. The first-order valence-corrected chi connectivity index (χ1v) is 13.3. The molecule has 3 N–H and O–H groups in total. The van der Waals surface area contributed by atoms with Crippen LogP contribution in [-0.2, 0) is 12.8 Å².